The molecule has 1 fully saturated rings. The third-order valence-electron chi connectivity index (χ3n) is 3.00. The van der Waals surface area contributed by atoms with Crippen LogP contribution in [-0.2, 0) is 0 Å². The van der Waals surface area contributed by atoms with Crippen molar-refractivity contribution in [2.45, 2.75) is 57.2 Å². The molecule has 0 unspecified atom stereocenters. The van der Waals surface area contributed by atoms with Crippen molar-refractivity contribution in [2.75, 3.05) is 14.1 Å². The molecule has 0 aromatic carbocycles. The molecule has 0 bridgehead atoms. The Morgan fingerprint density at radius 1 is 1.33 bits per heavy atom. The molecule has 1 aliphatic rings. The largest absolute Gasteiger partial charge is 0.310 e. The second-order valence-electron chi connectivity index (χ2n) is 5.06. The summed E-state index contributed by atoms with van der Waals surface area (Å²) < 4.78 is 26.5. The van der Waals surface area contributed by atoms with Crippen LogP contribution in [0.15, 0.2) is 0 Å². The molecule has 0 aromatic heterocycles. The summed E-state index contributed by atoms with van der Waals surface area (Å²) in [6, 6.07) is 0.486. The highest BCUT2D eigenvalue weighted by atomic mass is 19.3. The maximum atomic E-state index is 13.3. The lowest BCUT2D eigenvalue weighted by atomic mass is 9.86. The maximum Gasteiger partial charge on any atom is 0.249 e. The highest BCUT2D eigenvalue weighted by molar-refractivity contribution is 4.93. The topological polar surface area (TPSA) is 15.3 Å². The van der Waals surface area contributed by atoms with Gasteiger partial charge in [-0.05, 0) is 20.5 Å². The summed E-state index contributed by atoms with van der Waals surface area (Å²) in [4.78, 5) is 1.91. The Morgan fingerprint density at radius 2 is 1.93 bits per heavy atom. The van der Waals surface area contributed by atoms with Gasteiger partial charge in [0.15, 0.2) is 0 Å². The van der Waals surface area contributed by atoms with E-state index in [2.05, 4.69) is 19.2 Å². The van der Waals surface area contributed by atoms with Crippen LogP contribution in [0.1, 0.15) is 33.1 Å². The van der Waals surface area contributed by atoms with Crippen molar-refractivity contribution in [1.29, 1.82) is 0 Å². The molecule has 0 saturated heterocycles. The summed E-state index contributed by atoms with van der Waals surface area (Å²) in [5, 5.41) is 3.38. The van der Waals surface area contributed by atoms with Gasteiger partial charge in [-0.15, -0.1) is 0 Å². The second-order valence-corrected chi connectivity index (χ2v) is 5.06. The van der Waals surface area contributed by atoms with Gasteiger partial charge in [0.2, 0.25) is 5.92 Å². The molecule has 0 amide bonds. The lowest BCUT2D eigenvalue weighted by Crippen LogP contribution is -2.55. The van der Waals surface area contributed by atoms with Gasteiger partial charge in [-0.1, -0.05) is 13.8 Å². The Kier molecular flexibility index (Phi) is 4.06. The minimum atomic E-state index is -2.48. The molecule has 0 radical (unpaired) electrons. The molecule has 0 aromatic rings. The predicted molar refractivity (Wildman–Crippen MR) is 58.3 cm³/mol. The Morgan fingerprint density at radius 3 is 2.40 bits per heavy atom. The van der Waals surface area contributed by atoms with Crippen molar-refractivity contribution in [3.63, 3.8) is 0 Å². The fourth-order valence-electron chi connectivity index (χ4n) is 2.27. The van der Waals surface area contributed by atoms with E-state index in [0.717, 1.165) is 0 Å². The van der Waals surface area contributed by atoms with Gasteiger partial charge in [-0.2, -0.15) is 0 Å². The van der Waals surface area contributed by atoms with Gasteiger partial charge >= 0.3 is 0 Å². The predicted octanol–water partition coefficient (Wildman–Crippen LogP) is 2.10. The highest BCUT2D eigenvalue weighted by Crippen LogP contribution is 2.35. The van der Waals surface area contributed by atoms with Gasteiger partial charge in [0, 0.05) is 31.0 Å². The summed E-state index contributed by atoms with van der Waals surface area (Å²) in [6.45, 7) is 4.11. The van der Waals surface area contributed by atoms with Crippen LogP contribution in [0, 0.1) is 0 Å². The van der Waals surface area contributed by atoms with Crippen LogP contribution in [0.4, 0.5) is 8.78 Å². The van der Waals surface area contributed by atoms with Crippen LogP contribution in [0.25, 0.3) is 0 Å². The Bertz CT molecular complexity index is 205. The lowest BCUT2D eigenvalue weighted by molar-refractivity contribution is -0.0676. The van der Waals surface area contributed by atoms with Crippen LogP contribution >= 0.6 is 0 Å². The fourth-order valence-corrected chi connectivity index (χ4v) is 2.27. The number of rotatable bonds is 3. The first-order valence-corrected chi connectivity index (χ1v) is 5.62. The minimum absolute atomic E-state index is 0.0156. The van der Waals surface area contributed by atoms with Crippen LogP contribution in [-0.4, -0.2) is 43.0 Å². The molecular formula is C11H22F2N2. The SMILES string of the molecule is CC(C)N[C@H]1CCC(F)(F)C[C@@H]1N(C)C. The number of alkyl halides is 2. The van der Waals surface area contributed by atoms with E-state index in [4.69, 9.17) is 0 Å². The molecule has 4 heteroatoms. The molecule has 1 saturated carbocycles. The van der Waals surface area contributed by atoms with Crippen molar-refractivity contribution in [1.82, 2.24) is 10.2 Å². The molecule has 0 heterocycles. The summed E-state index contributed by atoms with van der Waals surface area (Å²) in [5.74, 6) is -2.48. The number of nitrogens with one attached hydrogen (secondary N) is 1. The first kappa shape index (κ1) is 12.8. The summed E-state index contributed by atoms with van der Waals surface area (Å²) >= 11 is 0. The Hall–Kier alpha value is -0.220. The monoisotopic (exact) mass is 220 g/mol. The van der Waals surface area contributed by atoms with Crippen molar-refractivity contribution in [3.8, 4) is 0 Å². The summed E-state index contributed by atoms with van der Waals surface area (Å²) in [5.41, 5.74) is 0. The third-order valence-corrected chi connectivity index (χ3v) is 3.00. The van der Waals surface area contributed by atoms with Crippen LogP contribution < -0.4 is 5.32 Å². The highest BCUT2D eigenvalue weighted by Gasteiger charge is 2.42. The zero-order chi connectivity index (χ0) is 11.6. The minimum Gasteiger partial charge on any atom is -0.310 e. The van der Waals surface area contributed by atoms with E-state index in [-0.39, 0.29) is 24.9 Å². The first-order valence-electron chi connectivity index (χ1n) is 5.62. The standard InChI is InChI=1S/C11H22F2N2/c1-8(2)14-9-5-6-11(12,13)7-10(9)15(3)4/h8-10,14H,5-7H2,1-4H3/t9-,10-/m0/s1. The number of hydrogen-bond donors (Lipinski definition) is 1. The van der Waals surface area contributed by atoms with Gasteiger partial charge in [-0.25, -0.2) is 8.78 Å². The smallest absolute Gasteiger partial charge is 0.249 e. The molecule has 1 rings (SSSR count). The molecule has 90 valence electrons. The average molecular weight is 220 g/mol. The quantitative estimate of drug-likeness (QED) is 0.783. The number of nitrogens with zero attached hydrogens (tertiary/aromatic N) is 1. The van der Waals surface area contributed by atoms with Crippen LogP contribution in [0.2, 0.25) is 0 Å². The molecule has 15 heavy (non-hydrogen) atoms. The van der Waals surface area contributed by atoms with Gasteiger partial charge in [-0.3, -0.25) is 0 Å². The summed E-state index contributed by atoms with van der Waals surface area (Å²) in [7, 11) is 3.75. The van der Waals surface area contributed by atoms with E-state index >= 15 is 0 Å². The van der Waals surface area contributed by atoms with Crippen LogP contribution in [0.5, 0.6) is 0 Å². The first-order chi connectivity index (χ1) is 6.82. The zero-order valence-electron chi connectivity index (χ0n) is 10.1. The van der Waals surface area contributed by atoms with Crippen LogP contribution in [0.3, 0.4) is 0 Å². The van der Waals surface area contributed by atoms with E-state index in [9.17, 15) is 8.78 Å². The van der Waals surface area contributed by atoms with E-state index in [0.29, 0.717) is 12.5 Å². The van der Waals surface area contributed by atoms with Gasteiger partial charge in [0.05, 0.1) is 0 Å². The van der Waals surface area contributed by atoms with Crippen molar-refractivity contribution in [2.24, 2.45) is 0 Å². The van der Waals surface area contributed by atoms with Gasteiger partial charge in [0.1, 0.15) is 0 Å². The van der Waals surface area contributed by atoms with E-state index in [1.165, 1.54) is 0 Å². The third kappa shape index (κ3) is 3.68. The number of halogens is 2. The van der Waals surface area contributed by atoms with E-state index < -0.39 is 5.92 Å². The molecule has 1 N–H and O–H groups in total. The molecule has 2 atom stereocenters. The van der Waals surface area contributed by atoms with Gasteiger partial charge < -0.3 is 10.2 Å². The maximum absolute atomic E-state index is 13.3. The zero-order valence-corrected chi connectivity index (χ0v) is 10.1. The van der Waals surface area contributed by atoms with E-state index in [1.807, 2.05) is 19.0 Å². The summed E-state index contributed by atoms with van der Waals surface area (Å²) in [6.07, 6.45) is 0.556. The van der Waals surface area contributed by atoms with Crippen molar-refractivity contribution < 1.29 is 8.78 Å². The molecule has 2 nitrogen and oxygen atoms in total. The fraction of sp³-hybridized carbons (Fsp3) is 1.00. The number of likely N-dealkylation sites (N-methyl/N-ethyl adjacent to an activating group) is 1. The van der Waals surface area contributed by atoms with Gasteiger partial charge in [0.25, 0.3) is 0 Å². The molecular weight excluding hydrogens is 198 g/mol. The normalized spacial score (nSPS) is 31.2. The Balaban J connectivity index is 2.63. The molecule has 0 aliphatic heterocycles. The molecule has 1 aliphatic carbocycles. The van der Waals surface area contributed by atoms with Crippen molar-refractivity contribution >= 4 is 0 Å². The second kappa shape index (κ2) is 4.74. The van der Waals surface area contributed by atoms with Crippen molar-refractivity contribution in [3.05, 3.63) is 0 Å². The average Bonchev–Trinajstić information content (AvgIpc) is 2.07. The molecule has 0 spiro atoms. The number of hydrogen-bond acceptors (Lipinski definition) is 2. The lowest BCUT2D eigenvalue weighted by Gasteiger charge is -2.40. The van der Waals surface area contributed by atoms with E-state index in [1.54, 1.807) is 0 Å². The Labute approximate surface area is 91.0 Å².